The fourth-order valence-corrected chi connectivity index (χ4v) is 0.689. The second-order valence-corrected chi connectivity index (χ2v) is 2.69. The second-order valence-electron chi connectivity index (χ2n) is 2.69. The van der Waals surface area contributed by atoms with Crippen LogP contribution in [0.3, 0.4) is 0 Å². The van der Waals surface area contributed by atoms with E-state index in [2.05, 4.69) is 5.32 Å². The third kappa shape index (κ3) is 24.5. The van der Waals surface area contributed by atoms with E-state index in [1.807, 2.05) is 0 Å². The Morgan fingerprint density at radius 1 is 0.769 bits per heavy atom. The third-order valence-electron chi connectivity index (χ3n) is 1.43. The smallest absolute Gasteiger partial charge is 0.0555 e. The lowest BCUT2D eigenvalue weighted by atomic mass is 10.2. The number of rotatable bonds is 7. The largest absolute Gasteiger partial charge is 0.396 e. The summed E-state index contributed by atoms with van der Waals surface area (Å²) in [4.78, 5) is 0. The van der Waals surface area contributed by atoms with Gasteiger partial charge in [0.25, 0.3) is 0 Å². The molecule has 0 aromatic heterocycles. The van der Waals surface area contributed by atoms with Gasteiger partial charge in [-0.05, 0) is 19.9 Å². The molecule has 0 atom stereocenters. The third-order valence-corrected chi connectivity index (χ3v) is 1.43. The molecular formula is C9H23NO3. The molecule has 4 nitrogen and oxygen atoms in total. The highest BCUT2D eigenvalue weighted by Gasteiger charge is 1.84. The zero-order valence-corrected chi connectivity index (χ0v) is 8.50. The van der Waals surface area contributed by atoms with Gasteiger partial charge in [-0.25, -0.2) is 0 Å². The van der Waals surface area contributed by atoms with E-state index >= 15 is 0 Å². The van der Waals surface area contributed by atoms with Gasteiger partial charge in [0, 0.05) is 19.8 Å². The maximum absolute atomic E-state index is 8.30. The number of likely N-dealkylation sites (N-methyl/N-ethyl adjacent to an activating group) is 1. The predicted molar refractivity (Wildman–Crippen MR) is 53.7 cm³/mol. The normalized spacial score (nSPS) is 9.23. The molecule has 0 unspecified atom stereocenters. The standard InChI is InChI=1S/C6H14O2.C3H9NO/c7-5-3-1-2-4-6-8;1-4-2-3-5/h7-8H,1-6H2;4-5H,2-3H2,1H3. The van der Waals surface area contributed by atoms with Crippen LogP contribution in [0.25, 0.3) is 0 Å². The lowest BCUT2D eigenvalue weighted by Gasteiger charge is -1.93. The van der Waals surface area contributed by atoms with Crippen LogP contribution in [0.1, 0.15) is 25.7 Å². The summed E-state index contributed by atoms with van der Waals surface area (Å²) in [5.41, 5.74) is 0. The van der Waals surface area contributed by atoms with E-state index in [9.17, 15) is 0 Å². The summed E-state index contributed by atoms with van der Waals surface area (Å²) < 4.78 is 0. The zero-order chi connectivity index (χ0) is 10.4. The van der Waals surface area contributed by atoms with Gasteiger partial charge < -0.3 is 20.6 Å². The highest BCUT2D eigenvalue weighted by molar-refractivity contribution is 4.39. The van der Waals surface area contributed by atoms with E-state index in [4.69, 9.17) is 15.3 Å². The molecule has 0 amide bonds. The Morgan fingerprint density at radius 3 is 1.38 bits per heavy atom. The van der Waals surface area contributed by atoms with Crippen LogP contribution in [-0.2, 0) is 0 Å². The fourth-order valence-electron chi connectivity index (χ4n) is 0.689. The first-order valence-electron chi connectivity index (χ1n) is 4.80. The van der Waals surface area contributed by atoms with E-state index in [0.717, 1.165) is 25.7 Å². The Balaban J connectivity index is 0. The summed E-state index contributed by atoms with van der Waals surface area (Å²) in [6.07, 6.45) is 3.83. The average Bonchev–Trinajstić information content (AvgIpc) is 2.15. The summed E-state index contributed by atoms with van der Waals surface area (Å²) in [7, 11) is 1.80. The lowest BCUT2D eigenvalue weighted by Crippen LogP contribution is -2.10. The van der Waals surface area contributed by atoms with Crippen LogP contribution in [0.4, 0.5) is 0 Å². The first-order valence-corrected chi connectivity index (χ1v) is 4.80. The number of hydrogen-bond donors (Lipinski definition) is 4. The minimum atomic E-state index is 0.233. The van der Waals surface area contributed by atoms with Crippen LogP contribution in [0.5, 0.6) is 0 Å². The number of nitrogens with one attached hydrogen (secondary N) is 1. The van der Waals surface area contributed by atoms with E-state index in [1.165, 1.54) is 0 Å². The predicted octanol–water partition coefficient (Wildman–Crippen LogP) is -0.271. The van der Waals surface area contributed by atoms with Crippen LogP contribution in [0.15, 0.2) is 0 Å². The quantitative estimate of drug-likeness (QED) is 0.420. The highest BCUT2D eigenvalue weighted by atomic mass is 16.3. The Morgan fingerprint density at radius 2 is 1.23 bits per heavy atom. The van der Waals surface area contributed by atoms with Gasteiger partial charge in [-0.15, -0.1) is 0 Å². The van der Waals surface area contributed by atoms with E-state index < -0.39 is 0 Å². The SMILES string of the molecule is CNCCO.OCCCCCCO. The molecule has 4 N–H and O–H groups in total. The Labute approximate surface area is 80.6 Å². The Kier molecular flexibility index (Phi) is 21.0. The van der Waals surface area contributed by atoms with Gasteiger partial charge in [-0.3, -0.25) is 0 Å². The van der Waals surface area contributed by atoms with Crippen LogP contribution in [-0.4, -0.2) is 48.7 Å². The van der Waals surface area contributed by atoms with E-state index in [-0.39, 0.29) is 19.8 Å². The maximum atomic E-state index is 8.30. The first kappa shape index (κ1) is 15.3. The van der Waals surface area contributed by atoms with E-state index in [1.54, 1.807) is 7.05 Å². The number of aliphatic hydroxyl groups excluding tert-OH is 3. The maximum Gasteiger partial charge on any atom is 0.0555 e. The van der Waals surface area contributed by atoms with Crippen molar-refractivity contribution in [3.63, 3.8) is 0 Å². The van der Waals surface area contributed by atoms with Crippen LogP contribution in [0, 0.1) is 0 Å². The van der Waals surface area contributed by atoms with Crippen molar-refractivity contribution in [2.24, 2.45) is 0 Å². The summed E-state index contributed by atoms with van der Waals surface area (Å²) in [6.45, 7) is 1.49. The molecule has 0 aromatic rings. The van der Waals surface area contributed by atoms with Gasteiger partial charge >= 0.3 is 0 Å². The molecule has 82 valence electrons. The van der Waals surface area contributed by atoms with Crippen LogP contribution < -0.4 is 5.32 Å². The van der Waals surface area contributed by atoms with Gasteiger partial charge in [0.2, 0.25) is 0 Å². The van der Waals surface area contributed by atoms with Gasteiger partial charge in [0.1, 0.15) is 0 Å². The number of hydrogen-bond acceptors (Lipinski definition) is 4. The summed E-state index contributed by atoms with van der Waals surface area (Å²) in [5.74, 6) is 0. The van der Waals surface area contributed by atoms with E-state index in [0.29, 0.717) is 6.54 Å². The fraction of sp³-hybridized carbons (Fsp3) is 1.00. The second kappa shape index (κ2) is 17.8. The molecule has 0 aliphatic heterocycles. The van der Waals surface area contributed by atoms with Crippen molar-refractivity contribution in [3.8, 4) is 0 Å². The molecule has 0 heterocycles. The highest BCUT2D eigenvalue weighted by Crippen LogP contribution is 1.96. The van der Waals surface area contributed by atoms with Crippen molar-refractivity contribution >= 4 is 0 Å². The minimum absolute atomic E-state index is 0.233. The van der Waals surface area contributed by atoms with Crippen molar-refractivity contribution in [1.29, 1.82) is 0 Å². The Hall–Kier alpha value is -0.160. The molecule has 0 saturated carbocycles. The molecular weight excluding hydrogens is 170 g/mol. The average molecular weight is 193 g/mol. The zero-order valence-electron chi connectivity index (χ0n) is 8.50. The topological polar surface area (TPSA) is 72.7 Å². The molecule has 0 fully saturated rings. The molecule has 0 spiro atoms. The van der Waals surface area contributed by atoms with Gasteiger partial charge in [0.05, 0.1) is 6.61 Å². The van der Waals surface area contributed by atoms with Crippen molar-refractivity contribution in [2.75, 3.05) is 33.4 Å². The van der Waals surface area contributed by atoms with Crippen molar-refractivity contribution < 1.29 is 15.3 Å². The minimum Gasteiger partial charge on any atom is -0.396 e. The molecule has 4 heteroatoms. The molecule has 0 rings (SSSR count). The lowest BCUT2D eigenvalue weighted by molar-refractivity contribution is 0.265. The van der Waals surface area contributed by atoms with Crippen molar-refractivity contribution in [1.82, 2.24) is 5.32 Å². The van der Waals surface area contributed by atoms with Crippen molar-refractivity contribution in [2.45, 2.75) is 25.7 Å². The molecule has 0 saturated heterocycles. The molecule has 0 radical (unpaired) electrons. The van der Waals surface area contributed by atoms with Gasteiger partial charge in [0.15, 0.2) is 0 Å². The van der Waals surface area contributed by atoms with Crippen molar-refractivity contribution in [3.05, 3.63) is 0 Å². The first-order chi connectivity index (χ1) is 6.33. The van der Waals surface area contributed by atoms with Crippen LogP contribution >= 0.6 is 0 Å². The molecule has 13 heavy (non-hydrogen) atoms. The van der Waals surface area contributed by atoms with Crippen LogP contribution in [0.2, 0.25) is 0 Å². The van der Waals surface area contributed by atoms with Gasteiger partial charge in [-0.1, -0.05) is 12.8 Å². The number of unbranched alkanes of at least 4 members (excludes halogenated alkanes) is 3. The Bertz CT molecular complexity index is 63.9. The summed E-state index contributed by atoms with van der Waals surface area (Å²) in [6, 6.07) is 0. The number of aliphatic hydroxyl groups is 3. The summed E-state index contributed by atoms with van der Waals surface area (Å²) >= 11 is 0. The molecule has 0 bridgehead atoms. The molecule has 0 aromatic carbocycles. The van der Waals surface area contributed by atoms with Gasteiger partial charge in [-0.2, -0.15) is 0 Å². The summed E-state index contributed by atoms with van der Waals surface area (Å²) in [5, 5.41) is 27.4. The monoisotopic (exact) mass is 193 g/mol. The molecule has 0 aliphatic rings. The molecule has 0 aliphatic carbocycles.